The smallest absolute Gasteiger partial charge is 0.309 e. The Balaban J connectivity index is 1.56. The van der Waals surface area contributed by atoms with E-state index >= 15 is 0 Å². The molecule has 0 bridgehead atoms. The number of aryl methyl sites for hydroxylation is 2. The van der Waals surface area contributed by atoms with Crippen molar-refractivity contribution >= 4 is 34.2 Å². The molecule has 3 aromatic rings. The van der Waals surface area contributed by atoms with Gasteiger partial charge in [0.25, 0.3) is 0 Å². The number of aromatic nitrogens is 3. The first-order valence-corrected chi connectivity index (χ1v) is 11.9. The van der Waals surface area contributed by atoms with Crippen LogP contribution in [0.2, 0.25) is 0 Å². The predicted molar refractivity (Wildman–Crippen MR) is 125 cm³/mol. The average Bonchev–Trinajstić information content (AvgIpc) is 3.24. The number of hydrogen-bond acceptors (Lipinski definition) is 5. The van der Waals surface area contributed by atoms with Crippen LogP contribution in [0.15, 0.2) is 18.3 Å². The molecule has 0 atom stereocenters. The number of aliphatic carboxylic acids is 1. The summed E-state index contributed by atoms with van der Waals surface area (Å²) in [5.41, 5.74) is 3.62. The highest BCUT2D eigenvalue weighted by Crippen LogP contribution is 2.32. The lowest BCUT2D eigenvalue weighted by atomic mass is 9.87. The lowest BCUT2D eigenvalue weighted by molar-refractivity contribution is -0.147. The van der Waals surface area contributed by atoms with Crippen LogP contribution in [0.5, 0.6) is 0 Å². The lowest BCUT2D eigenvalue weighted by Gasteiger charge is -2.29. The van der Waals surface area contributed by atoms with Crippen LogP contribution < -0.4 is 0 Å². The molecule has 8 heteroatoms. The molecule has 4 rings (SSSR count). The highest BCUT2D eigenvalue weighted by molar-refractivity contribution is 7.11. The molecule has 0 unspecified atom stereocenters. The van der Waals surface area contributed by atoms with Gasteiger partial charge < -0.3 is 14.6 Å². The van der Waals surface area contributed by atoms with E-state index in [1.54, 1.807) is 25.2 Å². The Morgan fingerprint density at radius 2 is 2.06 bits per heavy atom. The molecule has 4 heterocycles. The van der Waals surface area contributed by atoms with Crippen molar-refractivity contribution in [3.8, 4) is 0 Å². The Morgan fingerprint density at radius 1 is 1.28 bits per heavy atom. The van der Waals surface area contributed by atoms with E-state index in [1.165, 1.54) is 10.4 Å². The molecule has 0 spiro atoms. The fourth-order valence-electron chi connectivity index (χ4n) is 4.45. The van der Waals surface area contributed by atoms with Crippen LogP contribution in [-0.2, 0) is 29.1 Å². The maximum absolute atomic E-state index is 13.0. The van der Waals surface area contributed by atoms with Crippen molar-refractivity contribution in [2.24, 2.45) is 5.41 Å². The van der Waals surface area contributed by atoms with Gasteiger partial charge in [-0.05, 0) is 64.7 Å². The molecule has 32 heavy (non-hydrogen) atoms. The first-order chi connectivity index (χ1) is 15.2. The Labute approximate surface area is 192 Å². The van der Waals surface area contributed by atoms with Gasteiger partial charge in [0, 0.05) is 35.1 Å². The van der Waals surface area contributed by atoms with E-state index in [0.29, 0.717) is 38.9 Å². The Kier molecular flexibility index (Phi) is 6.07. The van der Waals surface area contributed by atoms with E-state index < -0.39 is 11.4 Å². The van der Waals surface area contributed by atoms with Crippen molar-refractivity contribution in [3.63, 3.8) is 0 Å². The number of nitrogens with zero attached hydrogens (tertiary/aromatic N) is 4. The molecule has 0 aliphatic carbocycles. The molecule has 170 valence electrons. The van der Waals surface area contributed by atoms with Crippen LogP contribution in [-0.4, -0.2) is 43.0 Å². The number of hydrogen-bond donors (Lipinski definition) is 1. The van der Waals surface area contributed by atoms with Gasteiger partial charge in [-0.1, -0.05) is 0 Å². The second kappa shape index (κ2) is 8.65. The van der Waals surface area contributed by atoms with Gasteiger partial charge in [-0.2, -0.15) is 0 Å². The average molecular weight is 455 g/mol. The second-order valence-electron chi connectivity index (χ2n) is 9.24. The summed E-state index contributed by atoms with van der Waals surface area (Å²) in [5, 5.41) is 11.5. The summed E-state index contributed by atoms with van der Waals surface area (Å²) < 4.78 is 2.25. The van der Waals surface area contributed by atoms with Gasteiger partial charge in [-0.3, -0.25) is 9.59 Å². The number of pyridine rings is 1. The van der Waals surface area contributed by atoms with Crippen LogP contribution in [0, 0.1) is 19.3 Å². The van der Waals surface area contributed by atoms with Gasteiger partial charge in [0.15, 0.2) is 0 Å². The summed E-state index contributed by atoms with van der Waals surface area (Å²) in [6.07, 6.45) is 4.06. The van der Waals surface area contributed by atoms with Crippen molar-refractivity contribution in [2.75, 3.05) is 6.54 Å². The van der Waals surface area contributed by atoms with E-state index in [4.69, 9.17) is 0 Å². The summed E-state index contributed by atoms with van der Waals surface area (Å²) in [6.45, 7) is 9.43. The summed E-state index contributed by atoms with van der Waals surface area (Å²) in [4.78, 5) is 36.6. The monoisotopic (exact) mass is 454 g/mol. The van der Waals surface area contributed by atoms with Gasteiger partial charge >= 0.3 is 5.97 Å². The first kappa shape index (κ1) is 22.5. The fourth-order valence-corrected chi connectivity index (χ4v) is 5.38. The minimum atomic E-state index is -0.821. The molecule has 1 aliphatic heterocycles. The second-order valence-corrected chi connectivity index (χ2v) is 10.5. The van der Waals surface area contributed by atoms with Crippen molar-refractivity contribution in [3.05, 3.63) is 45.2 Å². The highest BCUT2D eigenvalue weighted by atomic mass is 32.1. The largest absolute Gasteiger partial charge is 0.481 e. The molecule has 0 aromatic carbocycles. The lowest BCUT2D eigenvalue weighted by Crippen LogP contribution is -2.36. The zero-order chi connectivity index (χ0) is 23.0. The molecule has 1 aliphatic rings. The summed E-state index contributed by atoms with van der Waals surface area (Å²) in [5.74, 6) is -0.732. The molecule has 0 saturated carbocycles. The van der Waals surface area contributed by atoms with Crippen LogP contribution in [0.25, 0.3) is 11.0 Å². The van der Waals surface area contributed by atoms with Crippen molar-refractivity contribution in [1.29, 1.82) is 0 Å². The van der Waals surface area contributed by atoms with Gasteiger partial charge in [0.1, 0.15) is 5.65 Å². The van der Waals surface area contributed by atoms with E-state index in [2.05, 4.69) is 20.6 Å². The third-order valence-electron chi connectivity index (χ3n) is 6.44. The van der Waals surface area contributed by atoms with Gasteiger partial charge in [-0.15, -0.1) is 11.3 Å². The Bertz CT molecular complexity index is 1180. The number of fused-ring (bicyclic) bond motifs is 3. The predicted octanol–water partition coefficient (Wildman–Crippen LogP) is 4.32. The number of carboxylic acid groups (broad SMARTS) is 1. The van der Waals surface area contributed by atoms with Crippen LogP contribution >= 0.6 is 11.3 Å². The third-order valence-corrected chi connectivity index (χ3v) is 7.50. The van der Waals surface area contributed by atoms with Crippen LogP contribution in [0.4, 0.5) is 0 Å². The summed E-state index contributed by atoms with van der Waals surface area (Å²) in [7, 11) is 0. The zero-order valence-corrected chi connectivity index (χ0v) is 20.0. The molecule has 0 radical (unpaired) electrons. The number of carbonyl (C=O) groups is 2. The highest BCUT2D eigenvalue weighted by Gasteiger charge is 2.29. The van der Waals surface area contributed by atoms with Crippen LogP contribution in [0.1, 0.15) is 59.9 Å². The number of thiazole rings is 1. The number of rotatable bonds is 7. The van der Waals surface area contributed by atoms with E-state index in [9.17, 15) is 14.7 Å². The maximum Gasteiger partial charge on any atom is 0.309 e. The van der Waals surface area contributed by atoms with E-state index in [-0.39, 0.29) is 5.91 Å². The molecule has 1 N–H and O–H groups in total. The van der Waals surface area contributed by atoms with Crippen LogP contribution in [0.3, 0.4) is 0 Å². The number of amides is 1. The molecule has 1 amide bonds. The van der Waals surface area contributed by atoms with Gasteiger partial charge in [0.05, 0.1) is 29.2 Å². The molecule has 0 fully saturated rings. The van der Waals surface area contributed by atoms with Gasteiger partial charge in [-0.25, -0.2) is 9.97 Å². The molecular formula is C24H30N4O3S. The fraction of sp³-hybridized carbons (Fsp3) is 0.500. The van der Waals surface area contributed by atoms with Crippen molar-refractivity contribution in [1.82, 2.24) is 19.4 Å². The number of carboxylic acids is 1. The first-order valence-electron chi connectivity index (χ1n) is 11.1. The minimum Gasteiger partial charge on any atom is -0.481 e. The summed E-state index contributed by atoms with van der Waals surface area (Å²) in [6, 6.07) is 4.09. The van der Waals surface area contributed by atoms with Crippen molar-refractivity contribution < 1.29 is 14.7 Å². The number of carbonyl (C=O) groups excluding carboxylic acids is 1. The van der Waals surface area contributed by atoms with E-state index in [0.717, 1.165) is 33.8 Å². The molecular weight excluding hydrogens is 424 g/mol. The van der Waals surface area contributed by atoms with E-state index in [1.807, 2.05) is 31.0 Å². The SMILES string of the molecule is Cc1nc(C)c(Cn2c3c(c4cccnc42)CCN(C(=O)CCCC(C)(C)C(=O)O)C3)s1. The molecule has 7 nitrogen and oxygen atoms in total. The van der Waals surface area contributed by atoms with Crippen molar-refractivity contribution in [2.45, 2.75) is 66.5 Å². The minimum absolute atomic E-state index is 0.0893. The zero-order valence-electron chi connectivity index (χ0n) is 19.1. The Hall–Kier alpha value is -2.74. The quantitative estimate of drug-likeness (QED) is 0.574. The third kappa shape index (κ3) is 4.28. The molecule has 3 aromatic heterocycles. The normalized spacial score (nSPS) is 14.1. The Morgan fingerprint density at radius 3 is 2.75 bits per heavy atom. The summed E-state index contributed by atoms with van der Waals surface area (Å²) >= 11 is 1.71. The molecule has 0 saturated heterocycles. The topological polar surface area (TPSA) is 88.3 Å². The standard InChI is InChI=1S/C24H30N4O3S/c1-15-20(32-16(2)26-15)14-28-19-13-27(21(29)8-5-10-24(3,4)23(30)31)12-9-17(19)18-7-6-11-25-22(18)28/h6-7,11H,5,8-10,12-14H2,1-4H3,(H,30,31). The van der Waals surface area contributed by atoms with Gasteiger partial charge in [0.2, 0.25) is 5.91 Å². The maximum atomic E-state index is 13.0.